The third kappa shape index (κ3) is 2.75. The van der Waals surface area contributed by atoms with Crippen LogP contribution in [-0.4, -0.2) is 36.3 Å². The Balaban J connectivity index is 1.85. The average molecular weight is 355 g/mol. The average Bonchev–Trinajstić information content (AvgIpc) is 2.38. The van der Waals surface area contributed by atoms with E-state index in [-0.39, 0.29) is 42.8 Å². The number of ketones is 1. The number of alkyl halides is 3. The maximum absolute atomic E-state index is 12.7. The van der Waals surface area contributed by atoms with Crippen molar-refractivity contribution in [2.45, 2.75) is 43.7 Å². The van der Waals surface area contributed by atoms with E-state index in [1.165, 1.54) is 0 Å². The molecular formula is C13H14F3O6S-. The Bertz CT molecular complexity index is 637. The molecule has 0 aromatic heterocycles. The van der Waals surface area contributed by atoms with E-state index in [1.807, 2.05) is 0 Å². The number of esters is 1. The van der Waals surface area contributed by atoms with E-state index < -0.39 is 33.1 Å². The van der Waals surface area contributed by atoms with Gasteiger partial charge in [-0.2, -0.15) is 13.2 Å². The Morgan fingerprint density at radius 3 is 2.17 bits per heavy atom. The summed E-state index contributed by atoms with van der Waals surface area (Å²) >= 11 is 0. The molecule has 0 amide bonds. The van der Waals surface area contributed by atoms with E-state index in [9.17, 15) is 35.7 Å². The monoisotopic (exact) mass is 355 g/mol. The van der Waals surface area contributed by atoms with Gasteiger partial charge in [-0.1, -0.05) is 0 Å². The quantitative estimate of drug-likeness (QED) is 0.560. The first-order chi connectivity index (χ1) is 10.4. The molecule has 4 bridgehead atoms. The predicted molar refractivity (Wildman–Crippen MR) is 66.6 cm³/mol. The summed E-state index contributed by atoms with van der Waals surface area (Å²) in [5, 5.41) is 0. The van der Waals surface area contributed by atoms with Gasteiger partial charge < -0.3 is 9.29 Å². The Kier molecular flexibility index (Phi) is 3.57. The van der Waals surface area contributed by atoms with Gasteiger partial charge in [0.25, 0.3) is 5.44 Å². The Morgan fingerprint density at radius 1 is 1.22 bits per heavy atom. The molecule has 0 saturated heterocycles. The van der Waals surface area contributed by atoms with Gasteiger partial charge in [-0.3, -0.25) is 9.59 Å². The number of rotatable bonds is 3. The van der Waals surface area contributed by atoms with Crippen molar-refractivity contribution in [2.75, 3.05) is 0 Å². The van der Waals surface area contributed by atoms with Crippen LogP contribution in [-0.2, 0) is 24.4 Å². The zero-order valence-corrected chi connectivity index (χ0v) is 12.7. The molecule has 3 atom stereocenters. The molecule has 4 aliphatic rings. The smallest absolute Gasteiger partial charge is 0.439 e. The van der Waals surface area contributed by atoms with E-state index in [1.54, 1.807) is 0 Å². The molecule has 6 nitrogen and oxygen atoms in total. The third-order valence-electron chi connectivity index (χ3n) is 5.17. The minimum absolute atomic E-state index is 0.0215. The maximum Gasteiger partial charge on any atom is 0.439 e. The van der Waals surface area contributed by atoms with Gasteiger partial charge in [0.2, 0.25) is 0 Å². The van der Waals surface area contributed by atoms with E-state index in [0.29, 0.717) is 12.8 Å². The summed E-state index contributed by atoms with van der Waals surface area (Å²) in [4.78, 5) is 24.3. The van der Waals surface area contributed by atoms with Gasteiger partial charge in [-0.25, -0.2) is 8.42 Å². The van der Waals surface area contributed by atoms with Crippen LogP contribution in [0.4, 0.5) is 13.2 Å². The molecule has 23 heavy (non-hydrogen) atoms. The van der Waals surface area contributed by atoms with E-state index in [0.717, 1.165) is 0 Å². The van der Waals surface area contributed by atoms with E-state index in [4.69, 9.17) is 0 Å². The molecule has 4 fully saturated rings. The molecule has 0 spiro atoms. The Hall–Kier alpha value is -1.16. The van der Waals surface area contributed by atoms with Crippen LogP contribution < -0.4 is 0 Å². The zero-order chi connectivity index (χ0) is 17.2. The van der Waals surface area contributed by atoms with Gasteiger partial charge >= 0.3 is 12.1 Å². The third-order valence-corrected chi connectivity index (χ3v) is 6.06. The largest absolute Gasteiger partial charge is 0.745 e. The van der Waals surface area contributed by atoms with Crippen molar-refractivity contribution in [1.29, 1.82) is 0 Å². The number of Topliss-reactive ketones (excluding diaryl/α,β-unsaturated/α-hetero) is 1. The highest BCUT2D eigenvalue weighted by atomic mass is 32.2. The van der Waals surface area contributed by atoms with Gasteiger partial charge in [0, 0.05) is 11.8 Å². The first kappa shape index (κ1) is 16.7. The van der Waals surface area contributed by atoms with Crippen molar-refractivity contribution < 1.29 is 40.5 Å². The van der Waals surface area contributed by atoms with E-state index in [2.05, 4.69) is 4.74 Å². The predicted octanol–water partition coefficient (Wildman–Crippen LogP) is 1.36. The highest BCUT2D eigenvalue weighted by Gasteiger charge is 2.60. The van der Waals surface area contributed by atoms with Crippen LogP contribution in [0.3, 0.4) is 0 Å². The lowest BCUT2D eigenvalue weighted by Gasteiger charge is -2.54. The molecule has 130 valence electrons. The van der Waals surface area contributed by atoms with Crippen molar-refractivity contribution in [3.8, 4) is 0 Å². The van der Waals surface area contributed by atoms with Crippen molar-refractivity contribution in [1.82, 2.24) is 0 Å². The summed E-state index contributed by atoms with van der Waals surface area (Å²) < 4.78 is 74.6. The van der Waals surface area contributed by atoms with Crippen LogP contribution in [0.15, 0.2) is 0 Å². The fourth-order valence-corrected chi connectivity index (χ4v) is 5.04. The fourth-order valence-electron chi connectivity index (χ4n) is 4.51. The molecule has 4 saturated carbocycles. The zero-order valence-electron chi connectivity index (χ0n) is 11.8. The molecule has 3 unspecified atom stereocenters. The van der Waals surface area contributed by atoms with Gasteiger partial charge in [-0.05, 0) is 38.0 Å². The summed E-state index contributed by atoms with van der Waals surface area (Å²) in [5.74, 6) is -2.03. The summed E-state index contributed by atoms with van der Waals surface area (Å²) in [5.41, 5.74) is -4.98. The maximum atomic E-state index is 12.7. The molecule has 0 radical (unpaired) electrons. The lowest BCUT2D eigenvalue weighted by atomic mass is 9.49. The van der Waals surface area contributed by atoms with Crippen LogP contribution in [0.2, 0.25) is 0 Å². The van der Waals surface area contributed by atoms with Crippen molar-refractivity contribution >= 4 is 21.9 Å². The molecule has 4 rings (SSSR count). The molecule has 0 heterocycles. The van der Waals surface area contributed by atoms with Crippen LogP contribution >= 0.6 is 0 Å². The number of ether oxygens (including phenoxy) is 1. The lowest BCUT2D eigenvalue weighted by molar-refractivity contribution is -0.213. The standard InChI is InChI=1S/C13H15F3O6S/c14-13(15,16)11(23(19,20)21)22-10(18)12-3-6-1-7(4-12)9(17)8(2-6)5-12/h6-8,11H,1-5H2,(H,19,20,21)/p-1. The SMILES string of the molecule is O=C1C2CC3CC1CC(C(=O)OC(C(F)(F)F)S(=O)(=O)[O-])(C3)C2. The summed E-state index contributed by atoms with van der Waals surface area (Å²) in [6, 6.07) is 0. The second-order valence-electron chi connectivity index (χ2n) is 6.80. The van der Waals surface area contributed by atoms with E-state index >= 15 is 0 Å². The van der Waals surface area contributed by atoms with Crippen molar-refractivity contribution in [2.24, 2.45) is 23.2 Å². The van der Waals surface area contributed by atoms with Gasteiger partial charge in [0.05, 0.1) is 5.41 Å². The normalized spacial score (nSPS) is 37.7. The van der Waals surface area contributed by atoms with Gasteiger partial charge in [0.15, 0.2) is 0 Å². The van der Waals surface area contributed by atoms with Crippen LogP contribution in [0.25, 0.3) is 0 Å². The number of hydrogen-bond donors (Lipinski definition) is 0. The molecule has 0 aromatic rings. The number of halogens is 3. The van der Waals surface area contributed by atoms with Crippen LogP contribution in [0.1, 0.15) is 32.1 Å². The minimum atomic E-state index is -5.88. The van der Waals surface area contributed by atoms with Gasteiger partial charge in [-0.15, -0.1) is 0 Å². The van der Waals surface area contributed by atoms with Crippen molar-refractivity contribution in [3.63, 3.8) is 0 Å². The molecule has 4 aliphatic carbocycles. The van der Waals surface area contributed by atoms with Crippen molar-refractivity contribution in [3.05, 3.63) is 0 Å². The molecule has 10 heteroatoms. The van der Waals surface area contributed by atoms with Gasteiger partial charge in [0.1, 0.15) is 15.9 Å². The fraction of sp³-hybridized carbons (Fsp3) is 0.846. The van der Waals surface area contributed by atoms with Crippen LogP contribution in [0.5, 0.6) is 0 Å². The molecular weight excluding hydrogens is 341 g/mol. The summed E-state index contributed by atoms with van der Waals surface area (Å²) in [6.45, 7) is 0. The first-order valence-corrected chi connectivity index (χ1v) is 8.66. The topological polar surface area (TPSA) is 101 Å². The number of hydrogen-bond acceptors (Lipinski definition) is 6. The minimum Gasteiger partial charge on any atom is -0.745 e. The second-order valence-corrected chi connectivity index (χ2v) is 8.21. The summed E-state index contributed by atoms with van der Waals surface area (Å²) in [7, 11) is -5.88. The lowest BCUT2D eigenvalue weighted by Crippen LogP contribution is -2.56. The molecule has 0 N–H and O–H groups in total. The van der Waals surface area contributed by atoms with Crippen LogP contribution in [0, 0.1) is 23.2 Å². The highest BCUT2D eigenvalue weighted by Crippen LogP contribution is 2.59. The first-order valence-electron chi connectivity index (χ1n) is 7.19. The second kappa shape index (κ2) is 4.92. The highest BCUT2D eigenvalue weighted by molar-refractivity contribution is 7.86. The Morgan fingerprint density at radius 2 is 1.74 bits per heavy atom. The molecule has 0 aliphatic heterocycles. The number of carbonyl (C=O) groups is 2. The molecule has 0 aromatic carbocycles. The number of carbonyl (C=O) groups excluding carboxylic acids is 2. The summed E-state index contributed by atoms with van der Waals surface area (Å²) in [6.07, 6.45) is -3.87. The Labute approximate surface area is 130 Å².